The highest BCUT2D eigenvalue weighted by molar-refractivity contribution is 8.27. The molecule has 3 aliphatic rings. The van der Waals surface area contributed by atoms with Crippen molar-refractivity contribution in [3.05, 3.63) is 31.2 Å². The summed E-state index contributed by atoms with van der Waals surface area (Å²) < 4.78 is 26.2. The standard InChI is InChI=1S/C32H46N2O6S4/c1-17(2)37-12-14-39-21-23-24(42-29(41-23)19(16-33)27(35)31(5,6)7)22(40-15-13-38-18(3)4)26-25(21)43-30(44-26)20(34-11)28(36)32(8,9)10/h17-18,21-26H,12-15H2,1-10H3. The lowest BCUT2D eigenvalue weighted by Gasteiger charge is -2.44. The van der Waals surface area contributed by atoms with Gasteiger partial charge in [-0.25, -0.2) is 4.85 Å². The maximum absolute atomic E-state index is 13.3. The molecule has 0 spiro atoms. The number of carbonyl (C=O) groups excluding carboxylic acids is 2. The highest BCUT2D eigenvalue weighted by Gasteiger charge is 2.59. The SMILES string of the molecule is [C-]#[N+]C(C(=O)C(C)(C)C)=C1SC2C(OCCOC(C)C)C3SC(=C(C#N)C(=O)C(C)(C)C)SC3C(OCCOC(C)C)C2S1. The van der Waals surface area contributed by atoms with Crippen molar-refractivity contribution in [2.24, 2.45) is 10.8 Å². The number of Topliss-reactive ketones (excluding diaryl/α,β-unsaturated/α-hetero) is 2. The van der Waals surface area contributed by atoms with Crippen LogP contribution in [0.3, 0.4) is 0 Å². The normalized spacial score (nSPS) is 26.8. The van der Waals surface area contributed by atoms with Crippen LogP contribution in [-0.2, 0) is 28.5 Å². The molecule has 0 N–H and O–H groups in total. The number of thioether (sulfide) groups is 4. The summed E-state index contributed by atoms with van der Waals surface area (Å²) in [6, 6.07) is 2.20. The van der Waals surface area contributed by atoms with E-state index in [2.05, 4.69) is 10.9 Å². The van der Waals surface area contributed by atoms with Gasteiger partial charge in [-0.15, -0.1) is 47.0 Å². The predicted molar refractivity (Wildman–Crippen MR) is 182 cm³/mol. The third-order valence-electron chi connectivity index (χ3n) is 7.03. The van der Waals surface area contributed by atoms with Gasteiger partial charge in [-0.05, 0) is 27.7 Å². The van der Waals surface area contributed by atoms with Crippen LogP contribution in [0.25, 0.3) is 4.85 Å². The van der Waals surface area contributed by atoms with Crippen molar-refractivity contribution in [1.29, 1.82) is 5.26 Å². The van der Waals surface area contributed by atoms with E-state index in [0.717, 1.165) is 0 Å². The molecule has 2 heterocycles. The molecule has 244 valence electrons. The van der Waals surface area contributed by atoms with Gasteiger partial charge in [0.1, 0.15) is 11.6 Å². The first-order chi connectivity index (χ1) is 20.5. The molecule has 3 fully saturated rings. The predicted octanol–water partition coefficient (Wildman–Crippen LogP) is 7.11. The van der Waals surface area contributed by atoms with Crippen molar-refractivity contribution >= 4 is 58.6 Å². The molecule has 44 heavy (non-hydrogen) atoms. The lowest BCUT2D eigenvalue weighted by molar-refractivity contribution is -0.122. The Morgan fingerprint density at radius 3 is 1.45 bits per heavy atom. The monoisotopic (exact) mass is 682 g/mol. The van der Waals surface area contributed by atoms with Crippen LogP contribution >= 0.6 is 47.0 Å². The van der Waals surface area contributed by atoms with Crippen molar-refractivity contribution in [1.82, 2.24) is 0 Å². The van der Waals surface area contributed by atoms with Crippen LogP contribution in [0.4, 0.5) is 0 Å². The smallest absolute Gasteiger partial charge is 0.249 e. The van der Waals surface area contributed by atoms with Crippen molar-refractivity contribution in [2.75, 3.05) is 26.4 Å². The van der Waals surface area contributed by atoms with Gasteiger partial charge < -0.3 is 23.7 Å². The Labute approximate surface area is 280 Å². The second-order valence-electron chi connectivity index (χ2n) is 13.5. The number of hydrogen-bond acceptors (Lipinski definition) is 11. The van der Waals surface area contributed by atoms with Crippen LogP contribution in [0, 0.1) is 28.7 Å². The van der Waals surface area contributed by atoms with E-state index in [-0.39, 0.29) is 68.3 Å². The molecule has 0 bridgehead atoms. The van der Waals surface area contributed by atoms with Gasteiger partial charge in [-0.2, -0.15) is 5.26 Å². The number of fused-ring (bicyclic) bond motifs is 2. The van der Waals surface area contributed by atoms with Crippen LogP contribution in [0.1, 0.15) is 69.2 Å². The largest absolute Gasteiger partial charge is 0.376 e. The average Bonchev–Trinajstić information content (AvgIpc) is 3.54. The first kappa shape index (κ1) is 37.5. The van der Waals surface area contributed by atoms with Gasteiger partial charge in [-0.1, -0.05) is 41.5 Å². The third-order valence-corrected chi connectivity index (χ3v) is 13.5. The summed E-state index contributed by atoms with van der Waals surface area (Å²) in [4.78, 5) is 30.4. The fourth-order valence-electron chi connectivity index (χ4n) is 4.86. The van der Waals surface area contributed by atoms with Crippen LogP contribution in [0.5, 0.6) is 0 Å². The maximum Gasteiger partial charge on any atom is 0.249 e. The van der Waals surface area contributed by atoms with Crippen LogP contribution in [0.15, 0.2) is 19.7 Å². The Kier molecular flexibility index (Phi) is 13.4. The zero-order valence-electron chi connectivity index (χ0n) is 27.4. The Bertz CT molecular complexity index is 1100. The molecule has 2 saturated heterocycles. The van der Waals surface area contributed by atoms with Gasteiger partial charge in [0, 0.05) is 10.8 Å². The summed E-state index contributed by atoms with van der Waals surface area (Å²) in [6.45, 7) is 28.4. The van der Waals surface area contributed by atoms with Gasteiger partial charge in [0.15, 0.2) is 11.6 Å². The van der Waals surface area contributed by atoms with Gasteiger partial charge in [0.2, 0.25) is 5.70 Å². The van der Waals surface area contributed by atoms with Crippen molar-refractivity contribution in [2.45, 2.75) is 115 Å². The Morgan fingerprint density at radius 2 is 1.14 bits per heavy atom. The molecule has 1 aliphatic carbocycles. The van der Waals surface area contributed by atoms with E-state index < -0.39 is 10.8 Å². The molecule has 0 aromatic heterocycles. The number of nitrogens with zero attached hydrogens (tertiary/aromatic N) is 2. The van der Waals surface area contributed by atoms with Gasteiger partial charge in [0.05, 0.1) is 86.9 Å². The van der Waals surface area contributed by atoms with Crippen LogP contribution in [0.2, 0.25) is 0 Å². The number of ether oxygens (including phenoxy) is 4. The molecule has 8 nitrogen and oxygen atoms in total. The van der Waals surface area contributed by atoms with E-state index >= 15 is 0 Å². The second-order valence-corrected chi connectivity index (χ2v) is 18.8. The van der Waals surface area contributed by atoms with Gasteiger partial charge in [-0.3, -0.25) is 4.79 Å². The minimum absolute atomic E-state index is 0.0689. The van der Waals surface area contributed by atoms with E-state index in [1.165, 1.54) is 47.0 Å². The number of nitriles is 1. The zero-order valence-corrected chi connectivity index (χ0v) is 30.7. The van der Waals surface area contributed by atoms with Crippen LogP contribution in [-0.4, -0.2) is 83.4 Å². The summed E-state index contributed by atoms with van der Waals surface area (Å²) in [6.07, 6.45) is -0.448. The minimum Gasteiger partial charge on any atom is -0.376 e. The summed E-state index contributed by atoms with van der Waals surface area (Å²) in [5, 5.41) is 9.63. The Hall–Kier alpha value is -0.960. The summed E-state index contributed by atoms with van der Waals surface area (Å²) >= 11 is 6.10. The first-order valence-corrected chi connectivity index (χ1v) is 18.5. The Morgan fingerprint density at radius 1 is 0.750 bits per heavy atom. The number of allylic oxidation sites excluding steroid dienone is 2. The van der Waals surface area contributed by atoms with Crippen molar-refractivity contribution < 1.29 is 28.5 Å². The molecular weight excluding hydrogens is 637 g/mol. The highest BCUT2D eigenvalue weighted by atomic mass is 32.2. The number of rotatable bonds is 12. The Balaban J connectivity index is 2.07. The van der Waals surface area contributed by atoms with E-state index in [9.17, 15) is 14.9 Å². The van der Waals surface area contributed by atoms with E-state index in [0.29, 0.717) is 34.9 Å². The molecule has 6 unspecified atom stereocenters. The minimum atomic E-state index is -0.696. The maximum atomic E-state index is 13.3. The number of ketones is 2. The van der Waals surface area contributed by atoms with Crippen LogP contribution < -0.4 is 0 Å². The fourth-order valence-corrected chi connectivity index (χ4v) is 12.2. The lowest BCUT2D eigenvalue weighted by Crippen LogP contribution is -2.58. The molecule has 0 radical (unpaired) electrons. The zero-order chi connectivity index (χ0) is 33.0. The van der Waals surface area contributed by atoms with E-state index in [4.69, 9.17) is 25.5 Å². The quantitative estimate of drug-likeness (QED) is 0.0912. The fraction of sp³-hybridized carbons (Fsp3) is 0.750. The number of hydrogen-bond donors (Lipinski definition) is 0. The molecule has 3 rings (SSSR count). The van der Waals surface area contributed by atoms with E-state index in [1.54, 1.807) is 0 Å². The average molecular weight is 683 g/mol. The van der Waals surface area contributed by atoms with Gasteiger partial charge in [0.25, 0.3) is 0 Å². The summed E-state index contributed by atoms with van der Waals surface area (Å²) in [5.41, 5.74) is -1.04. The second kappa shape index (κ2) is 15.8. The highest BCUT2D eigenvalue weighted by Crippen LogP contribution is 2.63. The molecule has 0 amide bonds. The molecule has 0 aromatic carbocycles. The number of carbonyl (C=O) groups is 2. The van der Waals surface area contributed by atoms with Gasteiger partial charge >= 0.3 is 0 Å². The molecule has 2 aliphatic heterocycles. The molecule has 6 atom stereocenters. The van der Waals surface area contributed by atoms with E-state index in [1.807, 2.05) is 69.2 Å². The summed E-state index contributed by atoms with van der Waals surface area (Å²) in [5.74, 6) is -0.365. The molecular formula is C32H46N2O6S4. The molecule has 0 aromatic rings. The van der Waals surface area contributed by atoms with Crippen molar-refractivity contribution in [3.8, 4) is 6.07 Å². The topological polar surface area (TPSA) is 99.2 Å². The van der Waals surface area contributed by atoms with Crippen molar-refractivity contribution in [3.63, 3.8) is 0 Å². The summed E-state index contributed by atoms with van der Waals surface area (Å²) in [7, 11) is 0. The molecule has 12 heteroatoms. The molecule has 1 saturated carbocycles. The first-order valence-electron chi connectivity index (χ1n) is 15.0. The third kappa shape index (κ3) is 9.10. The lowest BCUT2D eigenvalue weighted by atomic mass is 9.87.